The molecule has 6 heteroatoms. The number of rotatable bonds is 3. The molecule has 108 valence electrons. The van der Waals surface area contributed by atoms with Gasteiger partial charge >= 0.3 is 6.18 Å². The fourth-order valence-corrected chi connectivity index (χ4v) is 3.37. The lowest BCUT2D eigenvalue weighted by molar-refractivity contribution is -0.138. The van der Waals surface area contributed by atoms with Crippen LogP contribution in [-0.4, -0.2) is 0 Å². The summed E-state index contributed by atoms with van der Waals surface area (Å²) >= 11 is 5.04. The number of hydrogen-bond donors (Lipinski definition) is 1. The van der Waals surface area contributed by atoms with E-state index in [1.807, 2.05) is 13.0 Å². The number of anilines is 1. The molecule has 1 nitrogen and oxygen atoms in total. The smallest absolute Gasteiger partial charge is 0.380 e. The molecule has 0 aliphatic heterocycles. The zero-order valence-electron chi connectivity index (χ0n) is 10.9. The number of nitrogens with one attached hydrogen (secondary N) is 1. The van der Waals surface area contributed by atoms with Crippen molar-refractivity contribution in [3.8, 4) is 0 Å². The lowest BCUT2D eigenvalue weighted by Crippen LogP contribution is -2.08. The molecule has 2 aromatic rings. The summed E-state index contributed by atoms with van der Waals surface area (Å²) in [7, 11) is 0. The Bertz CT molecular complexity index is 600. The summed E-state index contributed by atoms with van der Waals surface area (Å²) in [6.45, 7) is 3.97. The average molecular weight is 364 g/mol. The predicted molar refractivity (Wildman–Crippen MR) is 80.3 cm³/mol. The number of hydrogen-bond acceptors (Lipinski definition) is 2. The average Bonchev–Trinajstić information content (AvgIpc) is 2.66. The monoisotopic (exact) mass is 363 g/mol. The summed E-state index contributed by atoms with van der Waals surface area (Å²) in [5.74, 6) is 0. The number of alkyl halides is 3. The standard InChI is InChI=1S/C14H13BrF3NS/c1-8-3-4-10(5-12(8)14(16,17)18)19-7-11-6-13(15)9(2)20-11/h3-6,19H,7H2,1-2H3. The van der Waals surface area contributed by atoms with Crippen LogP contribution in [0.1, 0.15) is 20.9 Å². The Kier molecular flexibility index (Phi) is 4.44. The second-order valence-corrected chi connectivity index (χ2v) is 6.69. The number of aryl methyl sites for hydroxylation is 2. The SMILES string of the molecule is Cc1ccc(NCc2cc(Br)c(C)s2)cc1C(F)(F)F. The molecule has 0 unspecified atom stereocenters. The molecule has 0 aliphatic rings. The third kappa shape index (κ3) is 3.55. The molecule has 0 bridgehead atoms. The molecular weight excluding hydrogens is 351 g/mol. The van der Waals surface area contributed by atoms with Gasteiger partial charge in [0.1, 0.15) is 0 Å². The first-order valence-electron chi connectivity index (χ1n) is 5.94. The Morgan fingerprint density at radius 2 is 1.90 bits per heavy atom. The van der Waals surface area contributed by atoms with Crippen LogP contribution < -0.4 is 5.32 Å². The lowest BCUT2D eigenvalue weighted by atomic mass is 10.1. The van der Waals surface area contributed by atoms with Crippen molar-refractivity contribution in [2.24, 2.45) is 0 Å². The topological polar surface area (TPSA) is 12.0 Å². The van der Waals surface area contributed by atoms with Crippen LogP contribution in [0.2, 0.25) is 0 Å². The van der Waals surface area contributed by atoms with Crippen LogP contribution in [0, 0.1) is 13.8 Å². The van der Waals surface area contributed by atoms with Crippen molar-refractivity contribution >= 4 is 33.0 Å². The Hall–Kier alpha value is -1.01. The van der Waals surface area contributed by atoms with E-state index < -0.39 is 11.7 Å². The summed E-state index contributed by atoms with van der Waals surface area (Å²) in [6, 6.07) is 6.29. The lowest BCUT2D eigenvalue weighted by Gasteiger charge is -2.13. The van der Waals surface area contributed by atoms with Gasteiger partial charge in [0, 0.05) is 26.5 Å². The molecule has 1 aromatic heterocycles. The van der Waals surface area contributed by atoms with Crippen molar-refractivity contribution < 1.29 is 13.2 Å². The molecule has 1 N–H and O–H groups in total. The van der Waals surface area contributed by atoms with Crippen LogP contribution in [0.15, 0.2) is 28.7 Å². The molecule has 1 aromatic carbocycles. The fraction of sp³-hybridized carbons (Fsp3) is 0.286. The van der Waals surface area contributed by atoms with Gasteiger partial charge in [0.15, 0.2) is 0 Å². The maximum absolute atomic E-state index is 12.8. The van der Waals surface area contributed by atoms with Crippen LogP contribution in [-0.2, 0) is 12.7 Å². The Labute approximate surface area is 128 Å². The highest BCUT2D eigenvalue weighted by atomic mass is 79.9. The minimum absolute atomic E-state index is 0.234. The van der Waals surface area contributed by atoms with Crippen molar-refractivity contribution in [3.05, 3.63) is 49.6 Å². The molecule has 0 saturated carbocycles. The highest BCUT2D eigenvalue weighted by molar-refractivity contribution is 9.10. The maximum Gasteiger partial charge on any atom is 0.416 e. The van der Waals surface area contributed by atoms with Crippen LogP contribution in [0.5, 0.6) is 0 Å². The number of thiophene rings is 1. The van der Waals surface area contributed by atoms with Crippen molar-refractivity contribution in [3.63, 3.8) is 0 Å². The van der Waals surface area contributed by atoms with E-state index in [1.54, 1.807) is 17.4 Å². The minimum Gasteiger partial charge on any atom is -0.380 e. The van der Waals surface area contributed by atoms with E-state index in [-0.39, 0.29) is 5.56 Å². The van der Waals surface area contributed by atoms with E-state index in [0.29, 0.717) is 12.2 Å². The third-order valence-corrected chi connectivity index (χ3v) is 5.05. The Morgan fingerprint density at radius 3 is 2.45 bits per heavy atom. The van der Waals surface area contributed by atoms with E-state index in [2.05, 4.69) is 21.2 Å². The maximum atomic E-state index is 12.8. The van der Waals surface area contributed by atoms with Crippen molar-refractivity contribution in [1.29, 1.82) is 0 Å². The van der Waals surface area contributed by atoms with E-state index in [1.165, 1.54) is 13.0 Å². The predicted octanol–water partition coefficient (Wildman–Crippen LogP) is 5.76. The molecule has 1 heterocycles. The third-order valence-electron chi connectivity index (χ3n) is 2.92. The van der Waals surface area contributed by atoms with Gasteiger partial charge in [-0.3, -0.25) is 0 Å². The molecule has 20 heavy (non-hydrogen) atoms. The fourth-order valence-electron chi connectivity index (χ4n) is 1.83. The van der Waals surface area contributed by atoms with Crippen molar-refractivity contribution in [1.82, 2.24) is 0 Å². The highest BCUT2D eigenvalue weighted by Crippen LogP contribution is 2.34. The minimum atomic E-state index is -4.32. The molecule has 0 aliphatic carbocycles. The van der Waals surface area contributed by atoms with Gasteiger partial charge in [-0.15, -0.1) is 11.3 Å². The Morgan fingerprint density at radius 1 is 1.20 bits per heavy atom. The van der Waals surface area contributed by atoms with Gasteiger partial charge < -0.3 is 5.32 Å². The number of benzene rings is 1. The van der Waals surface area contributed by atoms with Crippen molar-refractivity contribution in [2.45, 2.75) is 26.6 Å². The normalized spacial score (nSPS) is 11.7. The first-order valence-corrected chi connectivity index (χ1v) is 7.55. The molecule has 0 fully saturated rings. The van der Waals surface area contributed by atoms with E-state index in [4.69, 9.17) is 0 Å². The summed E-state index contributed by atoms with van der Waals surface area (Å²) in [5.41, 5.74) is 0.119. The zero-order chi connectivity index (χ0) is 14.9. The first kappa shape index (κ1) is 15.4. The van der Waals surface area contributed by atoms with Crippen molar-refractivity contribution in [2.75, 3.05) is 5.32 Å². The van der Waals surface area contributed by atoms with Crippen LogP contribution in [0.3, 0.4) is 0 Å². The second kappa shape index (κ2) is 5.77. The summed E-state index contributed by atoms with van der Waals surface area (Å²) < 4.78 is 39.5. The second-order valence-electron chi connectivity index (χ2n) is 4.50. The van der Waals surface area contributed by atoms with E-state index >= 15 is 0 Å². The highest BCUT2D eigenvalue weighted by Gasteiger charge is 2.32. The largest absolute Gasteiger partial charge is 0.416 e. The van der Waals surface area contributed by atoms with Gasteiger partial charge in [0.25, 0.3) is 0 Å². The molecule has 0 radical (unpaired) electrons. The van der Waals surface area contributed by atoms with Gasteiger partial charge in [-0.1, -0.05) is 6.07 Å². The van der Waals surface area contributed by atoms with Crippen LogP contribution >= 0.6 is 27.3 Å². The van der Waals surface area contributed by atoms with Gasteiger partial charge in [-0.25, -0.2) is 0 Å². The molecule has 2 rings (SSSR count). The first-order chi connectivity index (χ1) is 9.27. The molecule has 0 amide bonds. The Balaban J connectivity index is 2.14. The van der Waals surface area contributed by atoms with Gasteiger partial charge in [-0.05, 0) is 53.5 Å². The van der Waals surface area contributed by atoms with E-state index in [9.17, 15) is 13.2 Å². The molecule has 0 saturated heterocycles. The van der Waals surface area contributed by atoms with Gasteiger partial charge in [0.05, 0.1) is 5.56 Å². The van der Waals surface area contributed by atoms with Crippen LogP contribution in [0.25, 0.3) is 0 Å². The quantitative estimate of drug-likeness (QED) is 0.730. The zero-order valence-corrected chi connectivity index (χ0v) is 13.3. The summed E-state index contributed by atoms with van der Waals surface area (Å²) in [5, 5.41) is 3.03. The van der Waals surface area contributed by atoms with Gasteiger partial charge in [-0.2, -0.15) is 13.2 Å². The van der Waals surface area contributed by atoms with Gasteiger partial charge in [0.2, 0.25) is 0 Å². The van der Waals surface area contributed by atoms with E-state index in [0.717, 1.165) is 20.3 Å². The molecule has 0 atom stereocenters. The molecular formula is C14H13BrF3NS. The number of halogens is 4. The summed E-state index contributed by atoms with van der Waals surface area (Å²) in [6.07, 6.45) is -4.32. The molecule has 0 spiro atoms. The summed E-state index contributed by atoms with van der Waals surface area (Å²) in [4.78, 5) is 2.23. The van der Waals surface area contributed by atoms with Crippen LogP contribution in [0.4, 0.5) is 18.9 Å².